The maximum atomic E-state index is 6.44. The Kier molecular flexibility index (Phi) is 5.27. The maximum Gasteiger partial charge on any atom is 0.223 e. The van der Waals surface area contributed by atoms with E-state index in [-0.39, 0.29) is 0 Å². The summed E-state index contributed by atoms with van der Waals surface area (Å²) in [6.45, 7) is 0. The van der Waals surface area contributed by atoms with Gasteiger partial charge in [0.15, 0.2) is 0 Å². The van der Waals surface area contributed by atoms with Gasteiger partial charge in [0, 0.05) is 27.8 Å². The zero-order valence-corrected chi connectivity index (χ0v) is 18.2. The van der Waals surface area contributed by atoms with Crippen molar-refractivity contribution in [2.24, 2.45) is 0 Å². The van der Waals surface area contributed by atoms with E-state index in [9.17, 15) is 0 Å². The molecule has 1 fully saturated rings. The summed E-state index contributed by atoms with van der Waals surface area (Å²) in [5.41, 5.74) is 3.95. The molecule has 5 nitrogen and oxygen atoms in total. The van der Waals surface area contributed by atoms with Crippen molar-refractivity contribution < 1.29 is 0 Å². The summed E-state index contributed by atoms with van der Waals surface area (Å²) in [6, 6.07) is 13.4. The first-order valence-corrected chi connectivity index (χ1v) is 11.0. The van der Waals surface area contributed by atoms with Crippen LogP contribution in [0.4, 0.5) is 5.95 Å². The van der Waals surface area contributed by atoms with Crippen LogP contribution in [0.3, 0.4) is 0 Å². The summed E-state index contributed by atoms with van der Waals surface area (Å²) in [7, 11) is 0. The van der Waals surface area contributed by atoms with Crippen molar-refractivity contribution in [1.82, 2.24) is 19.6 Å². The molecule has 1 saturated carbocycles. The SMILES string of the molecule is Clc1cccc(-c2nn3c(Cl)cc(Cl)cc3c2-c2ccnc(NC3CCCC3)n2)c1. The van der Waals surface area contributed by atoms with E-state index >= 15 is 0 Å². The van der Waals surface area contributed by atoms with Crippen LogP contribution >= 0.6 is 34.8 Å². The van der Waals surface area contributed by atoms with E-state index < -0.39 is 0 Å². The normalized spacial score (nSPS) is 14.5. The minimum Gasteiger partial charge on any atom is -0.351 e. The second-order valence-electron chi connectivity index (χ2n) is 7.42. The van der Waals surface area contributed by atoms with Gasteiger partial charge in [-0.1, -0.05) is 59.8 Å². The standard InChI is InChI=1S/C22H18Cl3N5/c23-14-5-3-4-13(10-14)21-20(18-11-15(24)12-19(25)30(18)29-21)17-8-9-26-22(28-17)27-16-6-1-2-7-16/h3-5,8-12,16H,1-2,6-7H2,(H,26,27,28). The Labute approximate surface area is 189 Å². The molecule has 0 aliphatic heterocycles. The van der Waals surface area contributed by atoms with Crippen molar-refractivity contribution in [3.63, 3.8) is 0 Å². The number of halogens is 3. The van der Waals surface area contributed by atoms with E-state index in [2.05, 4.69) is 10.3 Å². The van der Waals surface area contributed by atoms with Crippen LogP contribution in [0.2, 0.25) is 15.2 Å². The zero-order chi connectivity index (χ0) is 20.7. The minimum atomic E-state index is 0.417. The Balaban J connectivity index is 1.70. The van der Waals surface area contributed by atoms with Crippen LogP contribution in [0.1, 0.15) is 25.7 Å². The molecule has 5 rings (SSSR count). The lowest BCUT2D eigenvalue weighted by atomic mass is 10.0. The van der Waals surface area contributed by atoms with E-state index in [1.165, 1.54) is 12.8 Å². The fourth-order valence-electron chi connectivity index (χ4n) is 3.99. The zero-order valence-electron chi connectivity index (χ0n) is 15.9. The van der Waals surface area contributed by atoms with Crippen LogP contribution in [0, 0.1) is 0 Å². The highest BCUT2D eigenvalue weighted by Gasteiger charge is 2.21. The molecule has 4 aromatic rings. The highest BCUT2D eigenvalue weighted by molar-refractivity contribution is 6.34. The number of hydrogen-bond donors (Lipinski definition) is 1. The maximum absolute atomic E-state index is 6.44. The lowest BCUT2D eigenvalue weighted by Gasteiger charge is -2.12. The largest absolute Gasteiger partial charge is 0.351 e. The highest BCUT2D eigenvalue weighted by atomic mass is 35.5. The van der Waals surface area contributed by atoms with Gasteiger partial charge in [-0.15, -0.1) is 0 Å². The number of rotatable bonds is 4. The molecule has 0 unspecified atom stereocenters. The first-order chi connectivity index (χ1) is 14.6. The molecule has 0 bridgehead atoms. The van der Waals surface area contributed by atoms with E-state index in [1.54, 1.807) is 16.8 Å². The van der Waals surface area contributed by atoms with Gasteiger partial charge in [0.05, 0.1) is 16.8 Å². The quantitative estimate of drug-likeness (QED) is 0.343. The molecular weight excluding hydrogens is 441 g/mol. The van der Waals surface area contributed by atoms with Crippen LogP contribution in [-0.4, -0.2) is 25.6 Å². The van der Waals surface area contributed by atoms with Crippen LogP contribution in [0.25, 0.3) is 28.0 Å². The molecule has 1 N–H and O–H groups in total. The summed E-state index contributed by atoms with van der Waals surface area (Å²) >= 11 is 19.0. The number of anilines is 1. The van der Waals surface area contributed by atoms with Gasteiger partial charge in [-0.05, 0) is 43.2 Å². The monoisotopic (exact) mass is 457 g/mol. The molecule has 0 spiro atoms. The molecule has 0 atom stereocenters. The lowest BCUT2D eigenvalue weighted by Crippen LogP contribution is -2.16. The Morgan fingerprint density at radius 1 is 0.967 bits per heavy atom. The number of aromatic nitrogens is 4. The Morgan fingerprint density at radius 3 is 2.60 bits per heavy atom. The number of hydrogen-bond acceptors (Lipinski definition) is 4. The Morgan fingerprint density at radius 2 is 1.80 bits per heavy atom. The topological polar surface area (TPSA) is 55.1 Å². The third-order valence-electron chi connectivity index (χ3n) is 5.35. The van der Waals surface area contributed by atoms with Crippen molar-refractivity contribution >= 4 is 46.3 Å². The molecule has 30 heavy (non-hydrogen) atoms. The highest BCUT2D eigenvalue weighted by Crippen LogP contribution is 2.37. The predicted octanol–water partition coefficient (Wildman–Crippen LogP) is 6.77. The molecule has 1 aliphatic rings. The van der Waals surface area contributed by atoms with Gasteiger partial charge in [-0.25, -0.2) is 14.5 Å². The van der Waals surface area contributed by atoms with Crippen molar-refractivity contribution in [2.75, 3.05) is 5.32 Å². The number of nitrogens with one attached hydrogen (secondary N) is 1. The van der Waals surface area contributed by atoms with Crippen molar-refractivity contribution in [1.29, 1.82) is 0 Å². The number of nitrogens with zero attached hydrogens (tertiary/aromatic N) is 4. The van der Waals surface area contributed by atoms with Gasteiger partial charge in [0.25, 0.3) is 0 Å². The lowest BCUT2D eigenvalue weighted by molar-refractivity contribution is 0.744. The average Bonchev–Trinajstić information content (AvgIpc) is 3.36. The first kappa shape index (κ1) is 19.6. The van der Waals surface area contributed by atoms with Crippen molar-refractivity contribution in [2.45, 2.75) is 31.7 Å². The third-order valence-corrected chi connectivity index (χ3v) is 6.08. The Hall–Kier alpha value is -2.34. The van der Waals surface area contributed by atoms with Crippen LogP contribution in [0.5, 0.6) is 0 Å². The second-order valence-corrected chi connectivity index (χ2v) is 8.68. The molecule has 8 heteroatoms. The third kappa shape index (κ3) is 3.73. The molecule has 0 saturated heterocycles. The van der Waals surface area contributed by atoms with Gasteiger partial charge in [-0.3, -0.25) is 0 Å². The van der Waals surface area contributed by atoms with E-state index in [1.807, 2.05) is 36.4 Å². The smallest absolute Gasteiger partial charge is 0.223 e. The summed E-state index contributed by atoms with van der Waals surface area (Å²) in [5, 5.41) is 9.80. The van der Waals surface area contributed by atoms with Crippen LogP contribution in [0.15, 0.2) is 48.7 Å². The van der Waals surface area contributed by atoms with Crippen LogP contribution < -0.4 is 5.32 Å². The summed E-state index contributed by atoms with van der Waals surface area (Å²) in [6.07, 6.45) is 6.52. The molecule has 1 aromatic carbocycles. The fraction of sp³-hybridized carbons (Fsp3) is 0.227. The number of benzene rings is 1. The molecule has 152 valence electrons. The molecule has 0 radical (unpaired) electrons. The fourth-order valence-corrected chi connectivity index (χ4v) is 4.68. The molecule has 3 heterocycles. The van der Waals surface area contributed by atoms with E-state index in [4.69, 9.17) is 44.9 Å². The van der Waals surface area contributed by atoms with Gasteiger partial charge < -0.3 is 5.32 Å². The summed E-state index contributed by atoms with van der Waals surface area (Å²) < 4.78 is 1.67. The van der Waals surface area contributed by atoms with Crippen molar-refractivity contribution in [3.8, 4) is 22.5 Å². The van der Waals surface area contributed by atoms with Crippen molar-refractivity contribution in [3.05, 3.63) is 63.9 Å². The van der Waals surface area contributed by atoms with Gasteiger partial charge >= 0.3 is 0 Å². The number of pyridine rings is 1. The molecule has 0 amide bonds. The molecular formula is C22H18Cl3N5. The predicted molar refractivity (Wildman–Crippen MR) is 123 cm³/mol. The van der Waals surface area contributed by atoms with Gasteiger partial charge in [-0.2, -0.15) is 5.10 Å². The summed E-state index contributed by atoms with van der Waals surface area (Å²) in [5.74, 6) is 0.615. The van der Waals surface area contributed by atoms with Gasteiger partial charge in [0.1, 0.15) is 10.8 Å². The van der Waals surface area contributed by atoms with E-state index in [0.29, 0.717) is 27.2 Å². The van der Waals surface area contributed by atoms with Crippen LogP contribution in [-0.2, 0) is 0 Å². The molecule has 1 aliphatic carbocycles. The number of fused-ring (bicyclic) bond motifs is 1. The summed E-state index contributed by atoms with van der Waals surface area (Å²) in [4.78, 5) is 9.22. The average molecular weight is 459 g/mol. The first-order valence-electron chi connectivity index (χ1n) is 9.82. The van der Waals surface area contributed by atoms with E-state index in [0.717, 1.165) is 40.9 Å². The van der Waals surface area contributed by atoms with Gasteiger partial charge in [0.2, 0.25) is 5.95 Å². The Bertz CT molecular complexity index is 1230. The second kappa shape index (κ2) is 8.06. The minimum absolute atomic E-state index is 0.417. The molecule has 3 aromatic heterocycles.